The Morgan fingerprint density at radius 3 is 1.85 bits per heavy atom. The highest BCUT2D eigenvalue weighted by Gasteiger charge is 2.54. The number of benzene rings is 2. The molecular formula is C28H38O5Si. The van der Waals surface area contributed by atoms with Crippen LogP contribution in [0.3, 0.4) is 0 Å². The molecule has 2 aromatic carbocycles. The standard InChI is InChI=1S/C28H38O5Si/c1-7-26(29)32-24-18-21(27(30)31-6)19-25(20(24)2)33-34(28(3,4)5,22-14-10-8-11-15-22)23-16-12-9-13-17-23/h8-17,20-21,24-25H,7,18-19H2,1-6H3/t20-,21+,24+,25+/m1/s1. The van der Waals surface area contributed by atoms with Crippen LogP contribution in [-0.2, 0) is 23.5 Å². The lowest BCUT2D eigenvalue weighted by Gasteiger charge is -2.48. The van der Waals surface area contributed by atoms with Gasteiger partial charge in [-0.05, 0) is 28.3 Å². The lowest BCUT2D eigenvalue weighted by atomic mass is 9.78. The summed E-state index contributed by atoms with van der Waals surface area (Å²) in [6, 6.07) is 20.9. The molecule has 1 aliphatic carbocycles. The van der Waals surface area contributed by atoms with Crippen molar-refractivity contribution in [2.75, 3.05) is 7.11 Å². The van der Waals surface area contributed by atoms with E-state index in [4.69, 9.17) is 13.9 Å². The summed E-state index contributed by atoms with van der Waals surface area (Å²) in [5, 5.41) is 2.18. The largest absolute Gasteiger partial charge is 0.469 e. The van der Waals surface area contributed by atoms with Crippen molar-refractivity contribution in [2.45, 2.75) is 71.1 Å². The molecule has 2 aromatic rings. The van der Waals surface area contributed by atoms with Gasteiger partial charge in [0.15, 0.2) is 0 Å². The molecule has 34 heavy (non-hydrogen) atoms. The van der Waals surface area contributed by atoms with E-state index in [0.29, 0.717) is 19.3 Å². The third kappa shape index (κ3) is 5.28. The zero-order valence-electron chi connectivity index (χ0n) is 21.2. The monoisotopic (exact) mass is 482 g/mol. The number of hydrogen-bond donors (Lipinski definition) is 0. The predicted octanol–water partition coefficient (Wildman–Crippen LogP) is 4.47. The number of methoxy groups -OCH3 is 1. The van der Waals surface area contributed by atoms with Crippen molar-refractivity contribution < 1.29 is 23.5 Å². The Kier molecular flexibility index (Phi) is 8.37. The molecule has 1 aliphatic rings. The molecule has 0 aromatic heterocycles. The highest BCUT2D eigenvalue weighted by atomic mass is 28.4. The number of carbonyl (C=O) groups excluding carboxylic acids is 2. The van der Waals surface area contributed by atoms with Gasteiger partial charge in [0, 0.05) is 12.3 Å². The van der Waals surface area contributed by atoms with Gasteiger partial charge in [-0.25, -0.2) is 0 Å². The van der Waals surface area contributed by atoms with Crippen molar-refractivity contribution >= 4 is 30.6 Å². The molecule has 1 fully saturated rings. The average molecular weight is 483 g/mol. The lowest BCUT2D eigenvalue weighted by Crippen LogP contribution is -2.68. The maximum atomic E-state index is 12.6. The normalized spacial score (nSPS) is 23.2. The molecule has 0 amide bonds. The first kappa shape index (κ1) is 26.2. The Hall–Kier alpha value is -2.44. The first-order valence-electron chi connectivity index (χ1n) is 12.2. The number of carbonyl (C=O) groups is 2. The Bertz CT molecular complexity index is 914. The molecule has 0 aliphatic heterocycles. The summed E-state index contributed by atoms with van der Waals surface area (Å²) in [5.74, 6) is -0.968. The third-order valence-corrected chi connectivity index (χ3v) is 12.1. The van der Waals surface area contributed by atoms with Crippen LogP contribution in [0.15, 0.2) is 60.7 Å². The fourth-order valence-corrected chi connectivity index (χ4v) is 9.95. The maximum absolute atomic E-state index is 12.6. The molecular weight excluding hydrogens is 444 g/mol. The highest BCUT2D eigenvalue weighted by molar-refractivity contribution is 6.99. The highest BCUT2D eigenvalue weighted by Crippen LogP contribution is 2.42. The van der Waals surface area contributed by atoms with Gasteiger partial charge in [-0.2, -0.15) is 0 Å². The molecule has 0 unspecified atom stereocenters. The van der Waals surface area contributed by atoms with Crippen LogP contribution in [0.2, 0.25) is 5.04 Å². The molecule has 0 radical (unpaired) electrons. The molecule has 6 heteroatoms. The maximum Gasteiger partial charge on any atom is 0.308 e. The van der Waals surface area contributed by atoms with Gasteiger partial charge in [0.2, 0.25) is 0 Å². The summed E-state index contributed by atoms with van der Waals surface area (Å²) >= 11 is 0. The van der Waals surface area contributed by atoms with Crippen LogP contribution in [0, 0.1) is 11.8 Å². The number of esters is 2. The predicted molar refractivity (Wildman–Crippen MR) is 137 cm³/mol. The molecule has 0 heterocycles. The first-order valence-corrected chi connectivity index (χ1v) is 14.1. The number of hydrogen-bond acceptors (Lipinski definition) is 5. The molecule has 3 rings (SSSR count). The van der Waals surface area contributed by atoms with E-state index in [1.807, 2.05) is 12.1 Å². The SMILES string of the molecule is CCC(=O)O[C@H]1C[C@H](C(=O)OC)C[C@H](O[Si](c2ccccc2)(c2ccccc2)C(C)(C)C)[C@@H]1C. The number of rotatable bonds is 7. The molecule has 0 bridgehead atoms. The van der Waals surface area contributed by atoms with Gasteiger partial charge in [-0.3, -0.25) is 9.59 Å². The summed E-state index contributed by atoms with van der Waals surface area (Å²) in [6.07, 6.45) is 0.637. The summed E-state index contributed by atoms with van der Waals surface area (Å²) in [6.45, 7) is 10.6. The summed E-state index contributed by atoms with van der Waals surface area (Å²) in [5.41, 5.74) is 0. The van der Waals surface area contributed by atoms with E-state index in [2.05, 4.69) is 76.2 Å². The summed E-state index contributed by atoms with van der Waals surface area (Å²) in [4.78, 5) is 24.8. The molecule has 0 saturated heterocycles. The van der Waals surface area contributed by atoms with Crippen LogP contribution in [0.4, 0.5) is 0 Å². The molecule has 0 spiro atoms. The second-order valence-electron chi connectivity index (χ2n) is 10.3. The van der Waals surface area contributed by atoms with E-state index in [0.717, 1.165) is 0 Å². The Morgan fingerprint density at radius 1 is 0.912 bits per heavy atom. The fourth-order valence-electron chi connectivity index (χ4n) is 5.17. The molecule has 184 valence electrons. The van der Waals surface area contributed by atoms with E-state index in [1.54, 1.807) is 6.92 Å². The van der Waals surface area contributed by atoms with E-state index in [9.17, 15) is 9.59 Å². The number of ether oxygens (including phenoxy) is 2. The van der Waals surface area contributed by atoms with Gasteiger partial charge in [0.25, 0.3) is 8.32 Å². The van der Waals surface area contributed by atoms with Crippen LogP contribution in [-0.4, -0.2) is 39.6 Å². The quantitative estimate of drug-likeness (QED) is 0.430. The van der Waals surface area contributed by atoms with Crippen molar-refractivity contribution in [3.05, 3.63) is 60.7 Å². The summed E-state index contributed by atoms with van der Waals surface area (Å²) in [7, 11) is -1.42. The molecule has 5 nitrogen and oxygen atoms in total. The third-order valence-electron chi connectivity index (χ3n) is 7.06. The van der Waals surface area contributed by atoms with Crippen LogP contribution in [0.1, 0.15) is 53.9 Å². The van der Waals surface area contributed by atoms with Crippen LogP contribution in [0.25, 0.3) is 0 Å². The topological polar surface area (TPSA) is 61.8 Å². The minimum atomic E-state index is -2.82. The smallest absolute Gasteiger partial charge is 0.308 e. The van der Waals surface area contributed by atoms with Crippen molar-refractivity contribution in [3.63, 3.8) is 0 Å². The van der Waals surface area contributed by atoms with Gasteiger partial charge >= 0.3 is 11.9 Å². The van der Waals surface area contributed by atoms with Crippen LogP contribution < -0.4 is 10.4 Å². The molecule has 0 N–H and O–H groups in total. The minimum Gasteiger partial charge on any atom is -0.469 e. The van der Waals surface area contributed by atoms with Gasteiger partial charge in [-0.15, -0.1) is 0 Å². The fraction of sp³-hybridized carbons (Fsp3) is 0.500. The van der Waals surface area contributed by atoms with Crippen LogP contribution in [0.5, 0.6) is 0 Å². The van der Waals surface area contributed by atoms with Gasteiger partial charge in [-0.1, -0.05) is 95.3 Å². The average Bonchev–Trinajstić information content (AvgIpc) is 2.84. The van der Waals surface area contributed by atoms with Gasteiger partial charge in [0.05, 0.1) is 19.1 Å². The van der Waals surface area contributed by atoms with E-state index in [1.165, 1.54) is 17.5 Å². The Morgan fingerprint density at radius 2 is 1.41 bits per heavy atom. The Labute approximate surface area is 204 Å². The van der Waals surface area contributed by atoms with Crippen molar-refractivity contribution in [2.24, 2.45) is 11.8 Å². The van der Waals surface area contributed by atoms with Crippen molar-refractivity contribution in [1.29, 1.82) is 0 Å². The van der Waals surface area contributed by atoms with Gasteiger partial charge < -0.3 is 13.9 Å². The Balaban J connectivity index is 2.11. The van der Waals surface area contributed by atoms with E-state index in [-0.39, 0.29) is 34.9 Å². The zero-order chi connectivity index (χ0) is 24.9. The van der Waals surface area contributed by atoms with E-state index >= 15 is 0 Å². The van der Waals surface area contributed by atoms with Crippen molar-refractivity contribution in [1.82, 2.24) is 0 Å². The molecule has 4 atom stereocenters. The van der Waals surface area contributed by atoms with Gasteiger partial charge in [0.1, 0.15) is 6.10 Å². The zero-order valence-corrected chi connectivity index (χ0v) is 22.2. The van der Waals surface area contributed by atoms with E-state index < -0.39 is 14.4 Å². The lowest BCUT2D eigenvalue weighted by molar-refractivity contribution is -0.164. The molecule has 1 saturated carbocycles. The summed E-state index contributed by atoms with van der Waals surface area (Å²) < 4.78 is 18.2. The van der Waals surface area contributed by atoms with Crippen molar-refractivity contribution in [3.8, 4) is 0 Å². The van der Waals surface area contributed by atoms with Crippen LogP contribution >= 0.6 is 0 Å². The minimum absolute atomic E-state index is 0.0574. The first-order chi connectivity index (χ1) is 16.1. The second kappa shape index (κ2) is 10.9. The second-order valence-corrected chi connectivity index (χ2v) is 14.5.